The fraction of sp³-hybridized carbons (Fsp3) is 0.286. The lowest BCUT2D eigenvalue weighted by molar-refractivity contribution is 0.103. The molecule has 0 aromatic heterocycles. The Labute approximate surface area is 127 Å². The molecule has 1 rings (SSSR count). The molecule has 0 aliphatic rings. The van der Waals surface area contributed by atoms with Crippen LogP contribution in [0.5, 0.6) is 0 Å². The highest BCUT2D eigenvalue weighted by atomic mass is 35.5. The van der Waals surface area contributed by atoms with E-state index in [2.05, 4.69) is 5.32 Å². The molecule has 0 amide bonds. The number of methoxy groups -OCH3 is 1. The smallest absolute Gasteiger partial charge is 0.206 e. The number of ketones is 1. The number of benzene rings is 1. The quantitative estimate of drug-likeness (QED) is 0.363. The Morgan fingerprint density at radius 1 is 1.45 bits per heavy atom. The number of nitrogens with zero attached hydrogens (tertiary/aromatic N) is 1. The van der Waals surface area contributed by atoms with Crippen LogP contribution in [0.15, 0.2) is 34.9 Å². The number of carbonyl (C=O) groups is 1. The number of rotatable bonds is 7. The van der Waals surface area contributed by atoms with Crippen LogP contribution in [0.4, 0.5) is 0 Å². The molecule has 0 spiro atoms. The van der Waals surface area contributed by atoms with E-state index < -0.39 is 0 Å². The monoisotopic (exact) mass is 310 g/mol. The van der Waals surface area contributed by atoms with E-state index in [0.29, 0.717) is 28.8 Å². The van der Waals surface area contributed by atoms with Crippen LogP contribution in [-0.2, 0) is 4.74 Å². The normalized spacial score (nSPS) is 11.5. The zero-order valence-electron chi connectivity index (χ0n) is 11.3. The molecule has 0 aliphatic heterocycles. The second kappa shape index (κ2) is 8.64. The molecule has 4 nitrogen and oxygen atoms in total. The molecule has 0 fully saturated rings. The summed E-state index contributed by atoms with van der Waals surface area (Å²) in [6.07, 6.45) is 1.81. The largest absolute Gasteiger partial charge is 0.383 e. The Bertz CT molecular complexity index is 535. The van der Waals surface area contributed by atoms with E-state index in [1.54, 1.807) is 31.4 Å². The molecule has 0 aliphatic carbocycles. The standard InChI is InChI=1S/C14H15ClN2O2S/c1-19-8-7-17-14(20-2)12(9-16)13(18)10-3-5-11(15)6-4-10/h3-6,17H,7-8H2,1-2H3/b14-12-. The fourth-order valence-corrected chi connectivity index (χ4v) is 2.19. The van der Waals surface area contributed by atoms with Gasteiger partial charge in [0, 0.05) is 24.2 Å². The maximum Gasteiger partial charge on any atom is 0.206 e. The Hall–Kier alpha value is -1.48. The first kappa shape index (κ1) is 16.6. The third kappa shape index (κ3) is 4.57. The summed E-state index contributed by atoms with van der Waals surface area (Å²) in [6.45, 7) is 1.03. The summed E-state index contributed by atoms with van der Waals surface area (Å²) >= 11 is 7.11. The van der Waals surface area contributed by atoms with Crippen LogP contribution in [-0.4, -0.2) is 32.3 Å². The van der Waals surface area contributed by atoms with Gasteiger partial charge in [0.05, 0.1) is 11.6 Å². The summed E-state index contributed by atoms with van der Waals surface area (Å²) in [4.78, 5) is 12.3. The van der Waals surface area contributed by atoms with Crippen LogP contribution in [0.1, 0.15) is 10.4 Å². The molecule has 0 radical (unpaired) electrons. The average molecular weight is 311 g/mol. The minimum absolute atomic E-state index is 0.0934. The molecule has 20 heavy (non-hydrogen) atoms. The molecule has 0 atom stereocenters. The highest BCUT2D eigenvalue weighted by Crippen LogP contribution is 2.19. The van der Waals surface area contributed by atoms with Gasteiger partial charge in [-0.05, 0) is 30.5 Å². The predicted octanol–water partition coefficient (Wildman–Crippen LogP) is 2.86. The van der Waals surface area contributed by atoms with Crippen molar-refractivity contribution in [2.75, 3.05) is 26.5 Å². The number of allylic oxidation sites excluding steroid dienone is 1. The van der Waals surface area contributed by atoms with Crippen LogP contribution < -0.4 is 5.32 Å². The lowest BCUT2D eigenvalue weighted by Crippen LogP contribution is -2.20. The van der Waals surface area contributed by atoms with E-state index in [9.17, 15) is 10.1 Å². The summed E-state index contributed by atoms with van der Waals surface area (Å²) in [5, 5.41) is 13.4. The van der Waals surface area contributed by atoms with E-state index in [1.807, 2.05) is 12.3 Å². The van der Waals surface area contributed by atoms with Gasteiger partial charge in [-0.15, -0.1) is 11.8 Å². The zero-order chi connectivity index (χ0) is 15.0. The average Bonchev–Trinajstić information content (AvgIpc) is 2.47. The van der Waals surface area contributed by atoms with Crippen molar-refractivity contribution in [3.63, 3.8) is 0 Å². The third-order valence-electron chi connectivity index (χ3n) is 2.47. The van der Waals surface area contributed by atoms with E-state index in [1.165, 1.54) is 11.8 Å². The number of thioether (sulfide) groups is 1. The molecule has 0 saturated heterocycles. The van der Waals surface area contributed by atoms with Crippen LogP contribution >= 0.6 is 23.4 Å². The van der Waals surface area contributed by atoms with Gasteiger partial charge in [-0.2, -0.15) is 5.26 Å². The molecule has 0 unspecified atom stereocenters. The first-order chi connectivity index (χ1) is 9.63. The molecule has 0 heterocycles. The van der Waals surface area contributed by atoms with Gasteiger partial charge in [0.15, 0.2) is 0 Å². The van der Waals surface area contributed by atoms with E-state index in [0.717, 1.165) is 0 Å². The number of Topliss-reactive ketones (excluding diaryl/α,β-unsaturated/α-hetero) is 1. The molecule has 0 bridgehead atoms. The Morgan fingerprint density at radius 2 is 2.10 bits per heavy atom. The second-order valence-corrected chi connectivity index (χ2v) is 5.03. The molecule has 1 aromatic rings. The number of carbonyl (C=O) groups excluding carboxylic acids is 1. The van der Waals surface area contributed by atoms with Crippen molar-refractivity contribution in [2.24, 2.45) is 0 Å². The number of hydrogen-bond acceptors (Lipinski definition) is 5. The number of nitrogens with one attached hydrogen (secondary N) is 1. The van der Waals surface area contributed by atoms with Gasteiger partial charge in [-0.25, -0.2) is 0 Å². The number of ether oxygens (including phenoxy) is 1. The Kier molecular flexibility index (Phi) is 7.16. The molecular formula is C14H15ClN2O2S. The summed E-state index contributed by atoms with van der Waals surface area (Å²) < 4.78 is 4.93. The maximum absolute atomic E-state index is 12.3. The predicted molar refractivity (Wildman–Crippen MR) is 81.8 cm³/mol. The van der Waals surface area contributed by atoms with Crippen molar-refractivity contribution in [3.05, 3.63) is 45.5 Å². The first-order valence-corrected chi connectivity index (χ1v) is 7.45. The topological polar surface area (TPSA) is 62.1 Å². The van der Waals surface area contributed by atoms with Crippen molar-refractivity contribution >= 4 is 29.1 Å². The van der Waals surface area contributed by atoms with Crippen molar-refractivity contribution in [3.8, 4) is 6.07 Å². The number of nitriles is 1. The van der Waals surface area contributed by atoms with Crippen LogP contribution in [0.2, 0.25) is 5.02 Å². The van der Waals surface area contributed by atoms with Gasteiger partial charge < -0.3 is 10.1 Å². The number of hydrogen-bond donors (Lipinski definition) is 1. The van der Waals surface area contributed by atoms with Gasteiger partial charge in [-0.1, -0.05) is 11.6 Å². The summed E-state index contributed by atoms with van der Waals surface area (Å²) in [5.41, 5.74) is 0.530. The van der Waals surface area contributed by atoms with Gasteiger partial charge in [0.25, 0.3) is 0 Å². The minimum Gasteiger partial charge on any atom is -0.383 e. The summed E-state index contributed by atoms with van der Waals surface area (Å²) in [5.74, 6) is -0.321. The molecule has 106 valence electrons. The fourth-order valence-electron chi connectivity index (χ4n) is 1.48. The zero-order valence-corrected chi connectivity index (χ0v) is 12.8. The summed E-state index contributed by atoms with van der Waals surface area (Å²) in [6, 6.07) is 8.43. The molecule has 1 aromatic carbocycles. The lowest BCUT2D eigenvalue weighted by Gasteiger charge is -2.10. The van der Waals surface area contributed by atoms with Crippen molar-refractivity contribution in [1.82, 2.24) is 5.32 Å². The van der Waals surface area contributed by atoms with Crippen LogP contribution in [0, 0.1) is 11.3 Å². The highest BCUT2D eigenvalue weighted by Gasteiger charge is 2.17. The lowest BCUT2D eigenvalue weighted by atomic mass is 10.1. The van der Waals surface area contributed by atoms with Crippen LogP contribution in [0.3, 0.4) is 0 Å². The van der Waals surface area contributed by atoms with Crippen molar-refractivity contribution < 1.29 is 9.53 Å². The van der Waals surface area contributed by atoms with Gasteiger partial charge >= 0.3 is 0 Å². The highest BCUT2D eigenvalue weighted by molar-refractivity contribution is 8.02. The van der Waals surface area contributed by atoms with Gasteiger partial charge in [-0.3, -0.25) is 4.79 Å². The number of halogens is 1. The molecular weight excluding hydrogens is 296 g/mol. The van der Waals surface area contributed by atoms with E-state index >= 15 is 0 Å². The second-order valence-electron chi connectivity index (χ2n) is 3.78. The summed E-state index contributed by atoms with van der Waals surface area (Å²) in [7, 11) is 1.59. The SMILES string of the molecule is COCCN/C(SC)=C(\C#N)C(=O)c1ccc(Cl)cc1. The third-order valence-corrected chi connectivity index (χ3v) is 3.48. The van der Waals surface area contributed by atoms with Crippen LogP contribution in [0.25, 0.3) is 0 Å². The van der Waals surface area contributed by atoms with Gasteiger partial charge in [0.1, 0.15) is 11.6 Å². The van der Waals surface area contributed by atoms with E-state index in [-0.39, 0.29) is 11.4 Å². The first-order valence-electron chi connectivity index (χ1n) is 5.85. The maximum atomic E-state index is 12.3. The van der Waals surface area contributed by atoms with E-state index in [4.69, 9.17) is 16.3 Å². The molecule has 1 N–H and O–H groups in total. The minimum atomic E-state index is -0.321. The van der Waals surface area contributed by atoms with Crippen molar-refractivity contribution in [1.29, 1.82) is 5.26 Å². The van der Waals surface area contributed by atoms with Gasteiger partial charge in [0.2, 0.25) is 5.78 Å². The molecule has 0 saturated carbocycles. The Morgan fingerprint density at radius 3 is 2.60 bits per heavy atom. The Balaban J connectivity index is 3.00. The molecule has 6 heteroatoms. The van der Waals surface area contributed by atoms with Crippen molar-refractivity contribution in [2.45, 2.75) is 0 Å².